The maximum Gasteiger partial charge on any atom is 0.139 e. The predicted octanol–water partition coefficient (Wildman–Crippen LogP) is 5.59. The van der Waals surface area contributed by atoms with Crippen molar-refractivity contribution >= 4 is 65.8 Å². The molecule has 1 aromatic carbocycles. The molecule has 0 unspecified atom stereocenters. The molecule has 0 saturated carbocycles. The summed E-state index contributed by atoms with van der Waals surface area (Å²) < 4.78 is 17.3. The van der Waals surface area contributed by atoms with Crippen LogP contribution in [0, 0.1) is 5.82 Å². The van der Waals surface area contributed by atoms with Crippen LogP contribution in [0.25, 0.3) is 11.0 Å². The molecule has 0 aliphatic rings. The van der Waals surface area contributed by atoms with Gasteiger partial charge in [0.15, 0.2) is 0 Å². The van der Waals surface area contributed by atoms with E-state index in [1.807, 2.05) is 11.4 Å². The number of aromatic nitrogens is 2. The topological polar surface area (TPSA) is 17.8 Å². The van der Waals surface area contributed by atoms with Crippen molar-refractivity contribution in [2.24, 2.45) is 0 Å². The SMILES string of the molecule is Fc1cc2nc(CCCl)n(Cc3sccc3Br)c2cc1Br. The Labute approximate surface area is 147 Å². The van der Waals surface area contributed by atoms with Crippen molar-refractivity contribution < 1.29 is 4.39 Å². The molecule has 2 aromatic heterocycles. The largest absolute Gasteiger partial charge is 0.323 e. The fourth-order valence-corrected chi connectivity index (χ4v) is 4.17. The molecule has 0 spiro atoms. The van der Waals surface area contributed by atoms with Crippen LogP contribution < -0.4 is 0 Å². The second-order valence-electron chi connectivity index (χ2n) is 4.50. The predicted molar refractivity (Wildman–Crippen MR) is 92.9 cm³/mol. The highest BCUT2D eigenvalue weighted by Gasteiger charge is 2.15. The second kappa shape index (κ2) is 6.36. The van der Waals surface area contributed by atoms with E-state index >= 15 is 0 Å². The van der Waals surface area contributed by atoms with Gasteiger partial charge in [-0.3, -0.25) is 0 Å². The highest BCUT2D eigenvalue weighted by Crippen LogP contribution is 2.29. The summed E-state index contributed by atoms with van der Waals surface area (Å²) in [6.07, 6.45) is 0.651. The minimum absolute atomic E-state index is 0.304. The third-order valence-corrected chi connectivity index (χ3v) is 5.89. The Balaban J connectivity index is 2.15. The standard InChI is InChI=1S/C14H10Br2ClFN2S/c15-8-2-4-21-13(8)7-20-12-5-9(16)10(18)6-11(12)19-14(20)1-3-17/h2,4-6H,1,3,7H2. The lowest BCUT2D eigenvalue weighted by Crippen LogP contribution is -2.05. The summed E-state index contributed by atoms with van der Waals surface area (Å²) in [7, 11) is 0. The van der Waals surface area contributed by atoms with Crippen LogP contribution in [-0.4, -0.2) is 15.4 Å². The molecule has 0 fully saturated rings. The van der Waals surface area contributed by atoms with Crippen molar-refractivity contribution in [1.29, 1.82) is 0 Å². The van der Waals surface area contributed by atoms with Crippen molar-refractivity contribution in [3.05, 3.63) is 49.0 Å². The van der Waals surface area contributed by atoms with Gasteiger partial charge in [-0.15, -0.1) is 22.9 Å². The van der Waals surface area contributed by atoms with Gasteiger partial charge in [0.1, 0.15) is 11.6 Å². The van der Waals surface area contributed by atoms with Gasteiger partial charge in [-0.25, -0.2) is 9.37 Å². The molecular formula is C14H10Br2ClFN2S. The smallest absolute Gasteiger partial charge is 0.139 e. The minimum Gasteiger partial charge on any atom is -0.323 e. The number of rotatable bonds is 4. The number of nitrogens with zero attached hydrogens (tertiary/aromatic N) is 2. The average Bonchev–Trinajstić information content (AvgIpc) is 2.98. The third kappa shape index (κ3) is 3.04. The van der Waals surface area contributed by atoms with Gasteiger partial charge < -0.3 is 4.57 Å². The summed E-state index contributed by atoms with van der Waals surface area (Å²) in [6.45, 7) is 0.693. The lowest BCUT2D eigenvalue weighted by Gasteiger charge is -2.08. The van der Waals surface area contributed by atoms with E-state index in [1.54, 1.807) is 17.4 Å². The summed E-state index contributed by atoms with van der Waals surface area (Å²) in [5.41, 5.74) is 1.56. The number of fused-ring (bicyclic) bond motifs is 1. The highest BCUT2D eigenvalue weighted by atomic mass is 79.9. The van der Waals surface area contributed by atoms with Gasteiger partial charge in [-0.2, -0.15) is 0 Å². The van der Waals surface area contributed by atoms with E-state index in [0.717, 1.165) is 15.8 Å². The minimum atomic E-state index is -0.304. The first-order chi connectivity index (χ1) is 10.1. The molecule has 2 nitrogen and oxygen atoms in total. The summed E-state index contributed by atoms with van der Waals surface area (Å²) in [4.78, 5) is 5.72. The van der Waals surface area contributed by atoms with Crippen molar-refractivity contribution in [2.45, 2.75) is 13.0 Å². The van der Waals surface area contributed by atoms with E-state index in [4.69, 9.17) is 11.6 Å². The Bertz CT molecular complexity index is 800. The normalized spacial score (nSPS) is 11.4. The molecule has 0 radical (unpaired) electrons. The van der Waals surface area contributed by atoms with Gasteiger partial charge in [0, 0.05) is 27.7 Å². The number of halogens is 4. The number of hydrogen-bond donors (Lipinski definition) is 0. The Hall–Kier alpha value is -0.430. The van der Waals surface area contributed by atoms with Gasteiger partial charge in [-0.05, 0) is 49.4 Å². The van der Waals surface area contributed by atoms with Crippen LogP contribution in [0.3, 0.4) is 0 Å². The third-order valence-electron chi connectivity index (χ3n) is 3.18. The first kappa shape index (κ1) is 15.5. The zero-order chi connectivity index (χ0) is 15.0. The Morgan fingerprint density at radius 3 is 2.76 bits per heavy atom. The van der Waals surface area contributed by atoms with Gasteiger partial charge in [0.05, 0.1) is 22.1 Å². The van der Waals surface area contributed by atoms with Crippen molar-refractivity contribution in [1.82, 2.24) is 9.55 Å². The molecule has 0 saturated heterocycles. The van der Waals surface area contributed by atoms with Crippen molar-refractivity contribution in [2.75, 3.05) is 5.88 Å². The number of benzene rings is 1. The van der Waals surface area contributed by atoms with Crippen LogP contribution in [0.15, 0.2) is 32.5 Å². The summed E-state index contributed by atoms with van der Waals surface area (Å²) >= 11 is 14.3. The number of imidazole rings is 1. The van der Waals surface area contributed by atoms with Crippen LogP contribution in [-0.2, 0) is 13.0 Å². The van der Waals surface area contributed by atoms with Crippen LogP contribution in [0.2, 0.25) is 0 Å². The molecule has 0 aliphatic carbocycles. The molecule has 3 aromatic rings. The fraction of sp³-hybridized carbons (Fsp3) is 0.214. The lowest BCUT2D eigenvalue weighted by molar-refractivity contribution is 0.622. The summed E-state index contributed by atoms with van der Waals surface area (Å²) in [5, 5.41) is 2.04. The number of alkyl halides is 1. The maximum atomic E-state index is 13.7. The van der Waals surface area contributed by atoms with Crippen LogP contribution in [0.5, 0.6) is 0 Å². The molecule has 0 atom stereocenters. The number of aryl methyl sites for hydroxylation is 1. The van der Waals surface area contributed by atoms with Gasteiger partial charge >= 0.3 is 0 Å². The average molecular weight is 453 g/mol. The van der Waals surface area contributed by atoms with E-state index < -0.39 is 0 Å². The molecule has 0 amide bonds. The van der Waals surface area contributed by atoms with Gasteiger partial charge in [0.2, 0.25) is 0 Å². The summed E-state index contributed by atoms with van der Waals surface area (Å²) in [6, 6.07) is 5.25. The number of thiophene rings is 1. The zero-order valence-corrected chi connectivity index (χ0v) is 15.5. The highest BCUT2D eigenvalue weighted by molar-refractivity contribution is 9.10. The fourth-order valence-electron chi connectivity index (χ4n) is 2.20. The van der Waals surface area contributed by atoms with Crippen molar-refractivity contribution in [3.63, 3.8) is 0 Å². The van der Waals surface area contributed by atoms with E-state index in [2.05, 4.69) is 41.4 Å². The maximum absolute atomic E-state index is 13.7. The first-order valence-electron chi connectivity index (χ1n) is 6.22. The monoisotopic (exact) mass is 450 g/mol. The lowest BCUT2D eigenvalue weighted by atomic mass is 10.3. The molecule has 110 valence electrons. The summed E-state index contributed by atoms with van der Waals surface area (Å²) in [5.74, 6) is 1.05. The van der Waals surface area contributed by atoms with Gasteiger partial charge in [-0.1, -0.05) is 0 Å². The first-order valence-corrected chi connectivity index (χ1v) is 9.22. The van der Waals surface area contributed by atoms with E-state index in [9.17, 15) is 4.39 Å². The zero-order valence-electron chi connectivity index (χ0n) is 10.7. The Kier molecular flexibility index (Phi) is 4.69. The van der Waals surface area contributed by atoms with Crippen molar-refractivity contribution in [3.8, 4) is 0 Å². The van der Waals surface area contributed by atoms with Gasteiger partial charge in [0.25, 0.3) is 0 Å². The Morgan fingerprint density at radius 2 is 2.10 bits per heavy atom. The van der Waals surface area contributed by atoms with E-state index in [0.29, 0.717) is 28.8 Å². The molecule has 0 N–H and O–H groups in total. The Morgan fingerprint density at radius 1 is 1.29 bits per heavy atom. The van der Waals surface area contributed by atoms with Crippen LogP contribution in [0.1, 0.15) is 10.7 Å². The van der Waals surface area contributed by atoms with E-state index in [-0.39, 0.29) is 5.82 Å². The molecule has 21 heavy (non-hydrogen) atoms. The number of hydrogen-bond acceptors (Lipinski definition) is 2. The molecule has 0 bridgehead atoms. The molecule has 7 heteroatoms. The quantitative estimate of drug-likeness (QED) is 0.472. The molecule has 2 heterocycles. The molecule has 0 aliphatic heterocycles. The van der Waals surface area contributed by atoms with Crippen LogP contribution >= 0.6 is 54.8 Å². The van der Waals surface area contributed by atoms with E-state index in [1.165, 1.54) is 10.9 Å². The molecular weight excluding hydrogens is 442 g/mol. The van der Waals surface area contributed by atoms with Crippen LogP contribution in [0.4, 0.5) is 4.39 Å². The molecule has 3 rings (SSSR count). The second-order valence-corrected chi connectivity index (χ2v) is 7.59.